The number of thiazole rings is 1. The zero-order chi connectivity index (χ0) is 18.7. The van der Waals surface area contributed by atoms with E-state index >= 15 is 0 Å². The lowest BCUT2D eigenvalue weighted by Gasteiger charge is -2.12. The largest absolute Gasteiger partial charge is 0.379 e. The number of hydrogen-bond acceptors (Lipinski definition) is 5. The van der Waals surface area contributed by atoms with Crippen molar-refractivity contribution in [3.63, 3.8) is 0 Å². The number of para-hydroxylation sites is 1. The standard InChI is InChI=1S/C20H30N4O2S.HI/c1-21-20(23-12-6-13-25-15-16-7-5-14-26-16)22-11-4-10-19-24-17-8-2-3-9-18(17)27-19;/h2-3,8-9,16H,4-7,10-15H2,1H3,(H2,21,22,23);1H. The van der Waals surface area contributed by atoms with Crippen molar-refractivity contribution in [2.75, 3.05) is 40.0 Å². The quantitative estimate of drug-likeness (QED) is 0.218. The van der Waals surface area contributed by atoms with Crippen LogP contribution < -0.4 is 10.6 Å². The van der Waals surface area contributed by atoms with Crippen LogP contribution in [0.3, 0.4) is 0 Å². The molecule has 2 aromatic rings. The molecule has 156 valence electrons. The fraction of sp³-hybridized carbons (Fsp3) is 0.600. The van der Waals surface area contributed by atoms with Crippen LogP contribution in [-0.4, -0.2) is 57.0 Å². The van der Waals surface area contributed by atoms with Gasteiger partial charge in [-0.1, -0.05) is 12.1 Å². The van der Waals surface area contributed by atoms with Gasteiger partial charge >= 0.3 is 0 Å². The molecule has 6 nitrogen and oxygen atoms in total. The monoisotopic (exact) mass is 518 g/mol. The highest BCUT2D eigenvalue weighted by Crippen LogP contribution is 2.22. The minimum atomic E-state index is 0. The van der Waals surface area contributed by atoms with Gasteiger partial charge < -0.3 is 20.1 Å². The molecule has 0 spiro atoms. The number of guanidine groups is 1. The molecule has 0 bridgehead atoms. The zero-order valence-electron chi connectivity index (χ0n) is 16.5. The Balaban J connectivity index is 0.00000280. The second-order valence-electron chi connectivity index (χ2n) is 6.67. The van der Waals surface area contributed by atoms with Gasteiger partial charge in [-0.2, -0.15) is 0 Å². The maximum atomic E-state index is 5.67. The number of nitrogens with one attached hydrogen (secondary N) is 2. The maximum Gasteiger partial charge on any atom is 0.190 e. The molecule has 1 aliphatic rings. The second-order valence-corrected chi connectivity index (χ2v) is 7.78. The smallest absolute Gasteiger partial charge is 0.190 e. The van der Waals surface area contributed by atoms with Gasteiger partial charge in [-0.15, -0.1) is 35.3 Å². The first-order valence-electron chi connectivity index (χ1n) is 9.83. The number of fused-ring (bicyclic) bond motifs is 1. The third-order valence-corrected chi connectivity index (χ3v) is 5.60. The first-order chi connectivity index (χ1) is 13.3. The second kappa shape index (κ2) is 13.3. The summed E-state index contributed by atoms with van der Waals surface area (Å²) in [6, 6.07) is 8.31. The average molecular weight is 518 g/mol. The van der Waals surface area contributed by atoms with Gasteiger partial charge in [-0.25, -0.2) is 4.98 Å². The Morgan fingerprint density at radius 3 is 2.86 bits per heavy atom. The van der Waals surface area contributed by atoms with Gasteiger partial charge in [0.25, 0.3) is 0 Å². The minimum Gasteiger partial charge on any atom is -0.379 e. The number of aromatic nitrogens is 1. The van der Waals surface area contributed by atoms with Crippen LogP contribution in [0.2, 0.25) is 0 Å². The number of aryl methyl sites for hydroxylation is 1. The fourth-order valence-electron chi connectivity index (χ4n) is 3.07. The Morgan fingerprint density at radius 2 is 2.11 bits per heavy atom. The van der Waals surface area contributed by atoms with Crippen molar-refractivity contribution in [3.8, 4) is 0 Å². The molecule has 0 radical (unpaired) electrons. The van der Waals surface area contributed by atoms with Crippen molar-refractivity contribution in [2.24, 2.45) is 4.99 Å². The van der Waals surface area contributed by atoms with Crippen molar-refractivity contribution in [1.82, 2.24) is 15.6 Å². The number of hydrogen-bond donors (Lipinski definition) is 2. The van der Waals surface area contributed by atoms with E-state index in [1.54, 1.807) is 18.4 Å². The number of nitrogens with zero attached hydrogens (tertiary/aromatic N) is 2. The van der Waals surface area contributed by atoms with Crippen LogP contribution in [0.5, 0.6) is 0 Å². The van der Waals surface area contributed by atoms with E-state index in [9.17, 15) is 0 Å². The predicted octanol–water partition coefficient (Wildman–Crippen LogP) is 3.60. The lowest BCUT2D eigenvalue weighted by molar-refractivity contribution is 0.0168. The lowest BCUT2D eigenvalue weighted by Crippen LogP contribution is -2.38. The fourth-order valence-corrected chi connectivity index (χ4v) is 4.07. The van der Waals surface area contributed by atoms with Gasteiger partial charge in [0.15, 0.2) is 5.96 Å². The summed E-state index contributed by atoms with van der Waals surface area (Å²) in [5.41, 5.74) is 1.10. The molecular formula is C20H31IN4O2S. The van der Waals surface area contributed by atoms with Gasteiger partial charge in [0.2, 0.25) is 0 Å². The molecule has 8 heteroatoms. The molecule has 1 aromatic carbocycles. The normalized spacial score (nSPS) is 16.9. The van der Waals surface area contributed by atoms with E-state index in [-0.39, 0.29) is 24.0 Å². The van der Waals surface area contributed by atoms with Crippen molar-refractivity contribution in [1.29, 1.82) is 0 Å². The molecule has 28 heavy (non-hydrogen) atoms. The summed E-state index contributed by atoms with van der Waals surface area (Å²) in [4.78, 5) is 8.95. The summed E-state index contributed by atoms with van der Waals surface area (Å²) in [5.74, 6) is 0.846. The Labute approximate surface area is 188 Å². The number of benzene rings is 1. The number of halogens is 1. The average Bonchev–Trinajstić information content (AvgIpc) is 3.35. The summed E-state index contributed by atoms with van der Waals surface area (Å²) in [6.07, 6.45) is 5.58. The van der Waals surface area contributed by atoms with Gasteiger partial charge in [-0.05, 0) is 37.8 Å². The minimum absolute atomic E-state index is 0. The highest BCUT2D eigenvalue weighted by molar-refractivity contribution is 14.0. The van der Waals surface area contributed by atoms with Gasteiger partial charge in [0.05, 0.1) is 27.9 Å². The van der Waals surface area contributed by atoms with Crippen LogP contribution in [0.15, 0.2) is 29.3 Å². The highest BCUT2D eigenvalue weighted by Gasteiger charge is 2.14. The van der Waals surface area contributed by atoms with Gasteiger partial charge in [-0.3, -0.25) is 4.99 Å². The highest BCUT2D eigenvalue weighted by atomic mass is 127. The molecule has 0 amide bonds. The van der Waals surface area contributed by atoms with Crippen LogP contribution in [0.25, 0.3) is 10.2 Å². The third kappa shape index (κ3) is 7.81. The molecule has 1 fully saturated rings. The summed E-state index contributed by atoms with van der Waals surface area (Å²) in [6.45, 7) is 4.09. The number of rotatable bonds is 10. The third-order valence-electron chi connectivity index (χ3n) is 4.51. The van der Waals surface area contributed by atoms with Crippen molar-refractivity contribution < 1.29 is 9.47 Å². The van der Waals surface area contributed by atoms with E-state index in [2.05, 4.69) is 38.8 Å². The lowest BCUT2D eigenvalue weighted by atomic mass is 10.2. The number of ether oxygens (including phenoxy) is 2. The van der Waals surface area contributed by atoms with Crippen molar-refractivity contribution in [3.05, 3.63) is 29.3 Å². The van der Waals surface area contributed by atoms with Crippen LogP contribution in [0, 0.1) is 0 Å². The molecule has 1 unspecified atom stereocenters. The Hall–Kier alpha value is -0.970. The molecule has 1 aromatic heterocycles. The molecular weight excluding hydrogens is 487 g/mol. The summed E-state index contributed by atoms with van der Waals surface area (Å²) < 4.78 is 12.5. The zero-order valence-corrected chi connectivity index (χ0v) is 19.6. The van der Waals surface area contributed by atoms with E-state index in [1.165, 1.54) is 9.71 Å². The molecule has 1 atom stereocenters. The first-order valence-corrected chi connectivity index (χ1v) is 10.6. The van der Waals surface area contributed by atoms with E-state index in [0.29, 0.717) is 6.10 Å². The van der Waals surface area contributed by atoms with Crippen LogP contribution >= 0.6 is 35.3 Å². The summed E-state index contributed by atoms with van der Waals surface area (Å²) in [5, 5.41) is 7.90. The number of aliphatic imine (C=N–C) groups is 1. The summed E-state index contributed by atoms with van der Waals surface area (Å²) >= 11 is 1.78. The predicted molar refractivity (Wildman–Crippen MR) is 127 cm³/mol. The van der Waals surface area contributed by atoms with E-state index < -0.39 is 0 Å². The molecule has 2 N–H and O–H groups in total. The summed E-state index contributed by atoms with van der Waals surface area (Å²) in [7, 11) is 1.80. The molecule has 2 heterocycles. The van der Waals surface area contributed by atoms with E-state index in [0.717, 1.165) is 76.5 Å². The Bertz CT molecular complexity index is 686. The maximum absolute atomic E-state index is 5.67. The van der Waals surface area contributed by atoms with E-state index in [4.69, 9.17) is 9.47 Å². The Morgan fingerprint density at radius 1 is 1.29 bits per heavy atom. The van der Waals surface area contributed by atoms with Crippen LogP contribution in [-0.2, 0) is 15.9 Å². The first kappa shape index (κ1) is 23.3. The topological polar surface area (TPSA) is 67.8 Å². The van der Waals surface area contributed by atoms with Gasteiger partial charge in [0, 0.05) is 39.8 Å². The Kier molecular flexibility index (Phi) is 11.1. The molecule has 3 rings (SSSR count). The van der Waals surface area contributed by atoms with Crippen LogP contribution in [0.4, 0.5) is 0 Å². The van der Waals surface area contributed by atoms with Crippen LogP contribution in [0.1, 0.15) is 30.7 Å². The molecule has 1 saturated heterocycles. The van der Waals surface area contributed by atoms with Crippen molar-refractivity contribution in [2.45, 2.75) is 38.2 Å². The molecule has 1 aliphatic heterocycles. The van der Waals surface area contributed by atoms with Crippen molar-refractivity contribution >= 4 is 51.5 Å². The SMILES string of the molecule is CN=C(NCCCOCC1CCCO1)NCCCc1nc2ccccc2s1.I. The van der Waals surface area contributed by atoms with Gasteiger partial charge in [0.1, 0.15) is 0 Å². The molecule has 0 saturated carbocycles. The van der Waals surface area contributed by atoms with E-state index in [1.807, 2.05) is 6.07 Å². The molecule has 0 aliphatic carbocycles.